The fourth-order valence-electron chi connectivity index (χ4n) is 1.94. The number of carbonyl (C=O) groups excluding carboxylic acids is 1. The molecule has 2 aromatic rings. The molecule has 1 aromatic heterocycles. The van der Waals surface area contributed by atoms with Crippen molar-refractivity contribution in [2.75, 3.05) is 7.11 Å². The number of hydrogen-bond acceptors (Lipinski definition) is 7. The number of benzene rings is 1. The highest BCUT2D eigenvalue weighted by Gasteiger charge is 2.10. The fraction of sp³-hybridized carbons (Fsp3) is 0.133. The second-order valence-electron chi connectivity index (χ2n) is 4.45. The number of rotatable bonds is 7. The Morgan fingerprint density at radius 3 is 2.96 bits per heavy atom. The van der Waals surface area contributed by atoms with Crippen molar-refractivity contribution in [2.45, 2.75) is 6.61 Å². The van der Waals surface area contributed by atoms with E-state index in [0.29, 0.717) is 34.6 Å². The molecule has 0 aliphatic carbocycles. The zero-order chi connectivity index (χ0) is 16.7. The van der Waals surface area contributed by atoms with E-state index >= 15 is 0 Å². The van der Waals surface area contributed by atoms with Crippen molar-refractivity contribution in [1.29, 1.82) is 0 Å². The number of ether oxygens (including phenoxy) is 2. The van der Waals surface area contributed by atoms with Crippen molar-refractivity contribution in [2.24, 2.45) is 16.7 Å². The van der Waals surface area contributed by atoms with Crippen LogP contribution in [0.2, 0.25) is 0 Å². The quantitative estimate of drug-likeness (QED) is 0.224. The molecule has 5 N–H and O–H groups in total. The molecule has 120 valence electrons. The molecule has 0 radical (unpaired) electrons. The molecule has 8 nitrogen and oxygen atoms in total. The summed E-state index contributed by atoms with van der Waals surface area (Å²) in [6, 6.07) is 8.52. The first-order valence-corrected chi connectivity index (χ1v) is 6.68. The molecule has 0 amide bonds. The topological polar surface area (TPSA) is 125 Å². The van der Waals surface area contributed by atoms with Crippen LogP contribution in [0.3, 0.4) is 0 Å². The Hall–Kier alpha value is -3.13. The van der Waals surface area contributed by atoms with Gasteiger partial charge in [-0.05, 0) is 24.3 Å². The van der Waals surface area contributed by atoms with E-state index in [1.54, 1.807) is 36.5 Å². The Balaban J connectivity index is 2.22. The largest absolute Gasteiger partial charge is 0.497 e. The summed E-state index contributed by atoms with van der Waals surface area (Å²) in [7, 11) is 1.53. The van der Waals surface area contributed by atoms with Gasteiger partial charge in [0.15, 0.2) is 12.1 Å². The van der Waals surface area contributed by atoms with Gasteiger partial charge < -0.3 is 15.2 Å². The van der Waals surface area contributed by atoms with E-state index in [-0.39, 0.29) is 12.4 Å². The maximum Gasteiger partial charge on any atom is 0.171 e. The van der Waals surface area contributed by atoms with E-state index < -0.39 is 0 Å². The highest BCUT2D eigenvalue weighted by Crippen LogP contribution is 2.23. The molecular formula is C15H17N5O3. The first-order chi connectivity index (χ1) is 11.2. The first-order valence-electron chi connectivity index (χ1n) is 6.68. The molecule has 0 bridgehead atoms. The summed E-state index contributed by atoms with van der Waals surface area (Å²) >= 11 is 0. The van der Waals surface area contributed by atoms with Crippen molar-refractivity contribution in [3.63, 3.8) is 0 Å². The van der Waals surface area contributed by atoms with Crippen LogP contribution in [-0.2, 0) is 6.61 Å². The summed E-state index contributed by atoms with van der Waals surface area (Å²) in [4.78, 5) is 15.3. The van der Waals surface area contributed by atoms with Crippen molar-refractivity contribution >= 4 is 12.1 Å². The molecule has 8 heteroatoms. The van der Waals surface area contributed by atoms with Crippen molar-refractivity contribution in [3.8, 4) is 11.5 Å². The van der Waals surface area contributed by atoms with Crippen LogP contribution in [0.4, 0.5) is 0 Å². The average Bonchev–Trinajstić information content (AvgIpc) is 2.60. The predicted molar refractivity (Wildman–Crippen MR) is 85.0 cm³/mol. The van der Waals surface area contributed by atoms with Gasteiger partial charge in [0.1, 0.15) is 23.8 Å². The number of nitrogens with zero attached hydrogens (tertiary/aromatic N) is 2. The highest BCUT2D eigenvalue weighted by atomic mass is 16.5. The minimum Gasteiger partial charge on any atom is -0.497 e. The SMILES string of the molecule is COc1ccc(OCc2cccnc2/C(N)=N/NN)c(C=O)c1. The van der Waals surface area contributed by atoms with Gasteiger partial charge in [-0.15, -0.1) is 5.10 Å². The van der Waals surface area contributed by atoms with Gasteiger partial charge in [-0.3, -0.25) is 9.78 Å². The number of hydrazine groups is 1. The third kappa shape index (κ3) is 3.95. The van der Waals surface area contributed by atoms with Gasteiger partial charge in [-0.2, -0.15) is 0 Å². The summed E-state index contributed by atoms with van der Waals surface area (Å²) in [5.41, 5.74) is 9.45. The molecule has 0 unspecified atom stereocenters. The Labute approximate surface area is 133 Å². The summed E-state index contributed by atoms with van der Waals surface area (Å²) in [6.07, 6.45) is 2.29. The molecule has 23 heavy (non-hydrogen) atoms. The van der Waals surface area contributed by atoms with Crippen LogP contribution >= 0.6 is 0 Å². The van der Waals surface area contributed by atoms with Gasteiger partial charge in [0, 0.05) is 11.8 Å². The summed E-state index contributed by atoms with van der Waals surface area (Å²) in [5.74, 6) is 6.27. The number of nitrogens with two attached hydrogens (primary N) is 2. The van der Waals surface area contributed by atoms with E-state index in [1.165, 1.54) is 7.11 Å². The fourth-order valence-corrected chi connectivity index (χ4v) is 1.94. The Kier molecular flexibility index (Phi) is 5.48. The summed E-state index contributed by atoms with van der Waals surface area (Å²) in [6.45, 7) is 0.164. The number of aldehydes is 1. The maximum absolute atomic E-state index is 11.2. The van der Waals surface area contributed by atoms with E-state index in [2.05, 4.69) is 15.6 Å². The van der Waals surface area contributed by atoms with Crippen LogP contribution in [0.25, 0.3) is 0 Å². The van der Waals surface area contributed by atoms with E-state index in [9.17, 15) is 4.79 Å². The number of hydrogen-bond donors (Lipinski definition) is 3. The summed E-state index contributed by atoms with van der Waals surface area (Å²) in [5, 5.41) is 3.70. The molecule has 1 heterocycles. The molecule has 0 aliphatic heterocycles. The van der Waals surface area contributed by atoms with Gasteiger partial charge in [0.05, 0.1) is 12.7 Å². The van der Waals surface area contributed by atoms with Crippen LogP contribution in [0.1, 0.15) is 21.6 Å². The van der Waals surface area contributed by atoms with Crippen LogP contribution in [-0.4, -0.2) is 24.2 Å². The van der Waals surface area contributed by atoms with Gasteiger partial charge >= 0.3 is 0 Å². The third-order valence-electron chi connectivity index (χ3n) is 3.05. The van der Waals surface area contributed by atoms with Crippen molar-refractivity contribution < 1.29 is 14.3 Å². The van der Waals surface area contributed by atoms with Gasteiger partial charge in [-0.1, -0.05) is 6.07 Å². The lowest BCUT2D eigenvalue weighted by atomic mass is 10.2. The van der Waals surface area contributed by atoms with Gasteiger partial charge in [-0.25, -0.2) is 11.4 Å². The van der Waals surface area contributed by atoms with Crippen LogP contribution < -0.4 is 26.6 Å². The standard InChI is InChI=1S/C15H17N5O3/c1-22-12-4-5-13(11(7-12)8-21)23-9-10-3-2-6-18-14(10)15(16)19-20-17/h2-8,20H,9,17H2,1H3,(H2,16,19). The zero-order valence-electron chi connectivity index (χ0n) is 12.5. The number of hydrazone groups is 1. The first kappa shape index (κ1) is 16.2. The van der Waals surface area contributed by atoms with Gasteiger partial charge in [0.25, 0.3) is 0 Å². The minimum absolute atomic E-state index is 0.136. The van der Waals surface area contributed by atoms with Crippen molar-refractivity contribution in [3.05, 3.63) is 53.3 Å². The molecular weight excluding hydrogens is 298 g/mol. The molecule has 0 aliphatic rings. The lowest BCUT2D eigenvalue weighted by molar-refractivity contribution is 0.111. The Morgan fingerprint density at radius 2 is 2.26 bits per heavy atom. The lowest BCUT2D eigenvalue weighted by Crippen LogP contribution is -2.25. The average molecular weight is 315 g/mol. The number of carbonyl (C=O) groups is 1. The Bertz CT molecular complexity index is 718. The van der Waals surface area contributed by atoms with E-state index in [1.807, 2.05) is 0 Å². The molecule has 0 saturated heterocycles. The molecule has 0 spiro atoms. The van der Waals surface area contributed by atoms with Crippen LogP contribution in [0, 0.1) is 0 Å². The molecule has 0 fully saturated rings. The van der Waals surface area contributed by atoms with Crippen LogP contribution in [0.5, 0.6) is 11.5 Å². The smallest absolute Gasteiger partial charge is 0.171 e. The lowest BCUT2D eigenvalue weighted by Gasteiger charge is -2.12. The monoisotopic (exact) mass is 315 g/mol. The number of aromatic nitrogens is 1. The zero-order valence-corrected chi connectivity index (χ0v) is 12.5. The molecule has 0 atom stereocenters. The van der Waals surface area contributed by atoms with Gasteiger partial charge in [0.2, 0.25) is 0 Å². The predicted octanol–water partition coefficient (Wildman–Crippen LogP) is 0.565. The molecule has 0 saturated carbocycles. The molecule has 2 rings (SSSR count). The van der Waals surface area contributed by atoms with Crippen molar-refractivity contribution in [1.82, 2.24) is 10.5 Å². The highest BCUT2D eigenvalue weighted by molar-refractivity contribution is 5.96. The van der Waals surface area contributed by atoms with E-state index in [0.717, 1.165) is 0 Å². The number of amidine groups is 1. The van der Waals surface area contributed by atoms with E-state index in [4.69, 9.17) is 21.1 Å². The summed E-state index contributed by atoms with van der Waals surface area (Å²) < 4.78 is 10.8. The third-order valence-corrected chi connectivity index (χ3v) is 3.05. The second-order valence-corrected chi connectivity index (χ2v) is 4.45. The normalized spacial score (nSPS) is 11.0. The molecule has 1 aromatic carbocycles. The number of nitrogens with one attached hydrogen (secondary N) is 1. The number of pyridine rings is 1. The number of methoxy groups -OCH3 is 1. The Morgan fingerprint density at radius 1 is 1.43 bits per heavy atom. The minimum atomic E-state index is 0.136. The second kappa shape index (κ2) is 7.76. The maximum atomic E-state index is 11.2. The van der Waals surface area contributed by atoms with Crippen LogP contribution in [0.15, 0.2) is 41.6 Å².